The van der Waals surface area contributed by atoms with Gasteiger partial charge >= 0.3 is 11.9 Å². The van der Waals surface area contributed by atoms with Gasteiger partial charge in [0.15, 0.2) is 0 Å². The predicted octanol–water partition coefficient (Wildman–Crippen LogP) is 1.86. The number of hydrogen-bond acceptors (Lipinski definition) is 3. The van der Waals surface area contributed by atoms with Gasteiger partial charge in [-0.3, -0.25) is 9.59 Å². The molecule has 5 heteroatoms. The van der Waals surface area contributed by atoms with Crippen LogP contribution in [0.25, 0.3) is 0 Å². The topological polar surface area (TPSA) is 63.6 Å². The maximum atomic E-state index is 9.82. The minimum atomic E-state index is -0.711. The Kier molecular flexibility index (Phi) is 19.2. The van der Waals surface area contributed by atoms with Crippen LogP contribution in [0.3, 0.4) is 0 Å². The van der Waals surface area contributed by atoms with Crippen molar-refractivity contribution < 1.29 is 19.4 Å². The van der Waals surface area contributed by atoms with Crippen molar-refractivity contribution in [3.05, 3.63) is 0 Å². The Morgan fingerprint density at radius 2 is 1.77 bits per heavy atom. The summed E-state index contributed by atoms with van der Waals surface area (Å²) in [7, 11) is 0. The molecule has 0 aliphatic heterocycles. The first-order chi connectivity index (χ1) is 5.54. The number of carbonyl (C=O) groups excluding carboxylic acids is 1. The smallest absolute Gasteiger partial charge is 0.303 e. The van der Waals surface area contributed by atoms with Crippen LogP contribution in [0.2, 0.25) is 0 Å². The van der Waals surface area contributed by atoms with Crippen molar-refractivity contribution in [2.75, 3.05) is 6.61 Å². The summed E-state index contributed by atoms with van der Waals surface area (Å²) < 4.78 is 4.40. The van der Waals surface area contributed by atoms with Gasteiger partial charge in [-0.2, -0.15) is 0 Å². The SMILES string of the molecule is CCCC(=O)O.CCOC(C)=O.Cl. The molecule has 0 fully saturated rings. The van der Waals surface area contributed by atoms with Crippen LogP contribution in [0.1, 0.15) is 33.6 Å². The second-order valence-electron chi connectivity index (χ2n) is 2.07. The van der Waals surface area contributed by atoms with E-state index in [0.29, 0.717) is 13.0 Å². The fourth-order valence-corrected chi connectivity index (χ4v) is 0.417. The summed E-state index contributed by atoms with van der Waals surface area (Å²) in [5.74, 6) is -0.921. The molecule has 0 unspecified atom stereocenters. The minimum Gasteiger partial charge on any atom is -0.481 e. The molecule has 1 N–H and O–H groups in total. The summed E-state index contributed by atoms with van der Waals surface area (Å²) in [6, 6.07) is 0. The van der Waals surface area contributed by atoms with Gasteiger partial charge in [0, 0.05) is 13.3 Å². The second kappa shape index (κ2) is 13.8. The van der Waals surface area contributed by atoms with Crippen LogP contribution >= 0.6 is 12.4 Å². The van der Waals surface area contributed by atoms with E-state index in [1.807, 2.05) is 6.92 Å². The Bertz CT molecular complexity index is 120. The zero-order chi connectivity index (χ0) is 9.98. The maximum Gasteiger partial charge on any atom is 0.303 e. The van der Waals surface area contributed by atoms with Gasteiger partial charge in [0.05, 0.1) is 6.61 Å². The zero-order valence-electron chi connectivity index (χ0n) is 8.20. The second-order valence-corrected chi connectivity index (χ2v) is 2.07. The van der Waals surface area contributed by atoms with Gasteiger partial charge in [0.25, 0.3) is 0 Å². The normalized spacial score (nSPS) is 7.31. The summed E-state index contributed by atoms with van der Waals surface area (Å²) in [5, 5.41) is 7.91. The fraction of sp³-hybridized carbons (Fsp3) is 0.750. The molecule has 0 aliphatic rings. The number of aliphatic carboxylic acids is 1. The van der Waals surface area contributed by atoms with E-state index in [1.54, 1.807) is 6.92 Å². The molecule has 0 rings (SSSR count). The van der Waals surface area contributed by atoms with Crippen LogP contribution in [0.15, 0.2) is 0 Å². The Hall–Kier alpha value is -0.770. The first-order valence-electron chi connectivity index (χ1n) is 3.89. The molecular weight excluding hydrogens is 196 g/mol. The van der Waals surface area contributed by atoms with Crippen LogP contribution in [-0.2, 0) is 14.3 Å². The van der Waals surface area contributed by atoms with Crippen LogP contribution in [-0.4, -0.2) is 23.7 Å². The zero-order valence-corrected chi connectivity index (χ0v) is 9.02. The van der Waals surface area contributed by atoms with Crippen LogP contribution < -0.4 is 0 Å². The van der Waals surface area contributed by atoms with Crippen LogP contribution in [0.4, 0.5) is 0 Å². The molecule has 0 saturated carbocycles. The average molecular weight is 213 g/mol. The number of carboxylic acids is 1. The molecule has 0 heterocycles. The Morgan fingerprint density at radius 3 is 1.77 bits per heavy atom. The summed E-state index contributed by atoms with van der Waals surface area (Å²) in [6.07, 6.45) is 1.02. The minimum absolute atomic E-state index is 0. The van der Waals surface area contributed by atoms with E-state index in [1.165, 1.54) is 6.92 Å². The predicted molar refractivity (Wildman–Crippen MR) is 52.1 cm³/mol. The van der Waals surface area contributed by atoms with E-state index in [9.17, 15) is 9.59 Å². The van der Waals surface area contributed by atoms with Crippen molar-refractivity contribution in [1.82, 2.24) is 0 Å². The van der Waals surface area contributed by atoms with E-state index >= 15 is 0 Å². The Labute approximate surface area is 84.7 Å². The van der Waals surface area contributed by atoms with Gasteiger partial charge in [-0.1, -0.05) is 6.92 Å². The molecule has 0 aromatic rings. The molecule has 0 aromatic carbocycles. The monoisotopic (exact) mass is 212 g/mol. The number of carbonyl (C=O) groups is 2. The Morgan fingerprint density at radius 1 is 1.31 bits per heavy atom. The number of ether oxygens (including phenoxy) is 1. The number of hydrogen-bond donors (Lipinski definition) is 1. The summed E-state index contributed by atoms with van der Waals surface area (Å²) in [4.78, 5) is 19.4. The highest BCUT2D eigenvalue weighted by atomic mass is 35.5. The van der Waals surface area contributed by atoms with Crippen molar-refractivity contribution in [1.29, 1.82) is 0 Å². The largest absolute Gasteiger partial charge is 0.481 e. The standard InChI is InChI=1S/2C4H8O2.ClH/c1-3-6-4(2)5;1-2-3-4(5)6;/h3H2,1-2H3;2-3H2,1H3,(H,5,6);1H. The highest BCUT2D eigenvalue weighted by Crippen LogP contribution is 1.82. The Balaban J connectivity index is -0.000000143. The van der Waals surface area contributed by atoms with Gasteiger partial charge in [-0.15, -0.1) is 12.4 Å². The van der Waals surface area contributed by atoms with Gasteiger partial charge in [-0.25, -0.2) is 0 Å². The summed E-state index contributed by atoms with van der Waals surface area (Å²) in [5.41, 5.74) is 0. The molecule has 0 aromatic heterocycles. The number of rotatable bonds is 3. The van der Waals surface area contributed by atoms with Crippen molar-refractivity contribution in [3.63, 3.8) is 0 Å². The molecule has 0 atom stereocenters. The van der Waals surface area contributed by atoms with Crippen molar-refractivity contribution in [2.24, 2.45) is 0 Å². The lowest BCUT2D eigenvalue weighted by atomic mass is 10.4. The molecule has 13 heavy (non-hydrogen) atoms. The van der Waals surface area contributed by atoms with Gasteiger partial charge in [0.1, 0.15) is 0 Å². The van der Waals surface area contributed by atoms with Crippen molar-refractivity contribution in [3.8, 4) is 0 Å². The first-order valence-corrected chi connectivity index (χ1v) is 3.89. The van der Waals surface area contributed by atoms with Gasteiger partial charge in [0.2, 0.25) is 0 Å². The highest BCUT2D eigenvalue weighted by Gasteiger charge is 1.87. The first kappa shape index (κ1) is 18.1. The van der Waals surface area contributed by atoms with Crippen molar-refractivity contribution >= 4 is 24.3 Å². The lowest BCUT2D eigenvalue weighted by Crippen LogP contribution is -1.95. The van der Waals surface area contributed by atoms with Gasteiger partial charge in [-0.05, 0) is 13.3 Å². The third kappa shape index (κ3) is 35.0. The number of carboxylic acid groups (broad SMARTS) is 1. The third-order valence-electron chi connectivity index (χ3n) is 0.811. The van der Waals surface area contributed by atoms with Crippen LogP contribution in [0, 0.1) is 0 Å². The summed E-state index contributed by atoms with van der Waals surface area (Å²) >= 11 is 0. The molecule has 0 aliphatic carbocycles. The lowest BCUT2D eigenvalue weighted by molar-refractivity contribution is -0.140. The van der Waals surface area contributed by atoms with Gasteiger partial charge < -0.3 is 9.84 Å². The van der Waals surface area contributed by atoms with Crippen molar-refractivity contribution in [2.45, 2.75) is 33.6 Å². The molecule has 0 spiro atoms. The molecule has 80 valence electrons. The molecule has 0 amide bonds. The van der Waals surface area contributed by atoms with Crippen LogP contribution in [0.5, 0.6) is 0 Å². The lowest BCUT2D eigenvalue weighted by Gasteiger charge is -1.89. The molecular formula is C8H17ClO4. The number of halogens is 1. The fourth-order valence-electron chi connectivity index (χ4n) is 0.417. The maximum absolute atomic E-state index is 9.82. The molecule has 4 nitrogen and oxygen atoms in total. The molecule has 0 radical (unpaired) electrons. The van der Waals surface area contributed by atoms with E-state index in [2.05, 4.69) is 4.74 Å². The highest BCUT2D eigenvalue weighted by molar-refractivity contribution is 5.85. The third-order valence-corrected chi connectivity index (χ3v) is 0.811. The molecule has 0 saturated heterocycles. The van der Waals surface area contributed by atoms with E-state index in [0.717, 1.165) is 6.42 Å². The average Bonchev–Trinajstić information content (AvgIpc) is 1.87. The number of esters is 1. The quantitative estimate of drug-likeness (QED) is 0.726. The van der Waals surface area contributed by atoms with E-state index in [4.69, 9.17) is 5.11 Å². The summed E-state index contributed by atoms with van der Waals surface area (Å²) in [6.45, 7) is 5.49. The molecule has 0 bridgehead atoms. The van der Waals surface area contributed by atoms with E-state index in [-0.39, 0.29) is 18.4 Å². The van der Waals surface area contributed by atoms with E-state index < -0.39 is 5.97 Å².